The van der Waals surface area contributed by atoms with Crippen molar-refractivity contribution < 1.29 is 23.5 Å². The van der Waals surface area contributed by atoms with Gasteiger partial charge in [-0.15, -0.1) is 0 Å². The number of anilines is 1. The molecule has 0 spiro atoms. The molecule has 0 aliphatic rings. The number of carbonyl (C=O) groups excluding carboxylic acids is 3. The van der Waals surface area contributed by atoms with Gasteiger partial charge in [0.25, 0.3) is 0 Å². The molecular formula is C24H23NO6. The molecule has 7 nitrogen and oxygen atoms in total. The molecule has 1 aromatic heterocycles. The maximum absolute atomic E-state index is 12.3. The number of aryl methyl sites for hydroxylation is 2. The second-order valence-corrected chi connectivity index (χ2v) is 7.37. The summed E-state index contributed by atoms with van der Waals surface area (Å²) < 4.78 is 10.5. The van der Waals surface area contributed by atoms with Crippen molar-refractivity contribution in [1.29, 1.82) is 0 Å². The van der Waals surface area contributed by atoms with Crippen molar-refractivity contribution in [3.63, 3.8) is 0 Å². The van der Waals surface area contributed by atoms with Gasteiger partial charge in [-0.3, -0.25) is 14.4 Å². The van der Waals surface area contributed by atoms with Crippen LogP contribution >= 0.6 is 0 Å². The Labute approximate surface area is 179 Å². The van der Waals surface area contributed by atoms with Crippen molar-refractivity contribution in [2.45, 2.75) is 40.2 Å². The number of hydrogen-bond acceptors (Lipinski definition) is 6. The Bertz CT molecular complexity index is 1220. The number of esters is 1. The van der Waals surface area contributed by atoms with Crippen molar-refractivity contribution in [3.8, 4) is 0 Å². The first kappa shape index (κ1) is 22.0. The number of ketones is 1. The zero-order valence-corrected chi connectivity index (χ0v) is 17.6. The fourth-order valence-corrected chi connectivity index (χ4v) is 3.14. The van der Waals surface area contributed by atoms with Crippen LogP contribution in [0.5, 0.6) is 0 Å². The van der Waals surface area contributed by atoms with Crippen molar-refractivity contribution >= 4 is 34.3 Å². The van der Waals surface area contributed by atoms with E-state index in [0.29, 0.717) is 22.2 Å². The highest BCUT2D eigenvalue weighted by molar-refractivity contribution is 5.97. The van der Waals surface area contributed by atoms with Gasteiger partial charge in [-0.05, 0) is 43.2 Å². The predicted molar refractivity (Wildman–Crippen MR) is 116 cm³/mol. The number of rotatable bonds is 7. The van der Waals surface area contributed by atoms with Crippen LogP contribution in [-0.4, -0.2) is 17.7 Å². The summed E-state index contributed by atoms with van der Waals surface area (Å²) in [6.45, 7) is 5.15. The molecule has 0 saturated carbocycles. The quantitative estimate of drug-likeness (QED) is 0.350. The number of benzene rings is 2. The van der Waals surface area contributed by atoms with Gasteiger partial charge < -0.3 is 14.5 Å². The molecule has 7 heteroatoms. The first-order valence-corrected chi connectivity index (χ1v) is 9.83. The molecule has 0 fully saturated rings. The Hall–Kier alpha value is -3.74. The standard InChI is InChI=1S/C24H23NO6/c1-14-4-5-17(10-15(14)2)21(27)8-9-23(28)30-13-18-11-24(29)31-22-12-19(25-16(3)26)6-7-20(18)22/h4-7,10-12H,8-9,13H2,1-3H3,(H,25,26). The largest absolute Gasteiger partial charge is 0.461 e. The van der Waals surface area contributed by atoms with E-state index >= 15 is 0 Å². The molecule has 1 heterocycles. The fraction of sp³-hybridized carbons (Fsp3) is 0.250. The maximum atomic E-state index is 12.3. The van der Waals surface area contributed by atoms with Crippen molar-refractivity contribution in [3.05, 3.63) is 75.1 Å². The third-order valence-corrected chi connectivity index (χ3v) is 4.92. The van der Waals surface area contributed by atoms with Gasteiger partial charge in [-0.1, -0.05) is 12.1 Å². The normalized spacial score (nSPS) is 10.7. The zero-order chi connectivity index (χ0) is 22.5. The lowest BCUT2D eigenvalue weighted by atomic mass is 10.0. The van der Waals surface area contributed by atoms with Crippen LogP contribution in [0.15, 0.2) is 51.7 Å². The topological polar surface area (TPSA) is 103 Å². The molecule has 3 aromatic rings. The predicted octanol–water partition coefficient (Wildman–Crippen LogP) is 4.07. The SMILES string of the molecule is CC(=O)Nc1ccc2c(COC(=O)CCC(=O)c3ccc(C)c(C)c3)cc(=O)oc2c1. The molecule has 2 aromatic carbocycles. The summed E-state index contributed by atoms with van der Waals surface area (Å²) in [4.78, 5) is 47.5. The molecule has 1 amide bonds. The van der Waals surface area contributed by atoms with Gasteiger partial charge in [0.15, 0.2) is 5.78 Å². The molecule has 31 heavy (non-hydrogen) atoms. The van der Waals surface area contributed by atoms with Crippen LogP contribution < -0.4 is 10.9 Å². The van der Waals surface area contributed by atoms with E-state index in [1.54, 1.807) is 18.2 Å². The Morgan fingerprint density at radius 3 is 2.45 bits per heavy atom. The molecule has 1 N–H and O–H groups in total. The third kappa shape index (κ3) is 5.66. The van der Waals surface area contributed by atoms with Crippen molar-refractivity contribution in [2.24, 2.45) is 0 Å². The first-order valence-electron chi connectivity index (χ1n) is 9.83. The molecule has 0 radical (unpaired) electrons. The molecule has 0 aliphatic heterocycles. The third-order valence-electron chi connectivity index (χ3n) is 4.92. The van der Waals surface area contributed by atoms with Gasteiger partial charge in [-0.25, -0.2) is 4.79 Å². The number of carbonyl (C=O) groups is 3. The molecule has 0 aliphatic carbocycles. The number of Topliss-reactive ketones (excluding diaryl/α,β-unsaturated/α-hetero) is 1. The molecule has 0 bridgehead atoms. The summed E-state index contributed by atoms with van der Waals surface area (Å²) in [5.74, 6) is -0.910. The maximum Gasteiger partial charge on any atom is 0.336 e. The lowest BCUT2D eigenvalue weighted by molar-refractivity contribution is -0.144. The second-order valence-electron chi connectivity index (χ2n) is 7.37. The van der Waals surface area contributed by atoms with E-state index in [1.165, 1.54) is 19.1 Å². The van der Waals surface area contributed by atoms with Crippen molar-refractivity contribution in [2.75, 3.05) is 5.32 Å². The Morgan fingerprint density at radius 1 is 0.968 bits per heavy atom. The minimum absolute atomic E-state index is 0.0408. The van der Waals surface area contributed by atoms with Crippen LogP contribution in [-0.2, 0) is 20.9 Å². The Balaban J connectivity index is 1.64. The minimum atomic E-state index is -0.594. The highest BCUT2D eigenvalue weighted by atomic mass is 16.5. The highest BCUT2D eigenvalue weighted by Crippen LogP contribution is 2.22. The van der Waals surface area contributed by atoms with Gasteiger partial charge in [0.1, 0.15) is 12.2 Å². The van der Waals surface area contributed by atoms with Gasteiger partial charge >= 0.3 is 11.6 Å². The average Bonchev–Trinajstić information content (AvgIpc) is 2.71. The van der Waals surface area contributed by atoms with Crippen LogP contribution in [0.1, 0.15) is 46.8 Å². The van der Waals surface area contributed by atoms with E-state index in [4.69, 9.17) is 9.15 Å². The summed E-state index contributed by atoms with van der Waals surface area (Å²) in [6.07, 6.45) is -0.0170. The number of hydrogen-bond donors (Lipinski definition) is 1. The summed E-state index contributed by atoms with van der Waals surface area (Å²) in [7, 11) is 0. The average molecular weight is 421 g/mol. The monoisotopic (exact) mass is 421 g/mol. The van der Waals surface area contributed by atoms with Gasteiger partial charge in [0.05, 0.1) is 6.42 Å². The van der Waals surface area contributed by atoms with E-state index in [-0.39, 0.29) is 36.7 Å². The summed E-state index contributed by atoms with van der Waals surface area (Å²) in [6, 6.07) is 11.6. The summed E-state index contributed by atoms with van der Waals surface area (Å²) in [5.41, 5.74) is 3.33. The van der Waals surface area contributed by atoms with Crippen LogP contribution in [0.4, 0.5) is 5.69 Å². The van der Waals surface area contributed by atoms with E-state index in [0.717, 1.165) is 11.1 Å². The molecule has 160 valence electrons. The molecule has 0 unspecified atom stereocenters. The van der Waals surface area contributed by atoms with E-state index < -0.39 is 11.6 Å². The highest BCUT2D eigenvalue weighted by Gasteiger charge is 2.13. The summed E-state index contributed by atoms with van der Waals surface area (Å²) >= 11 is 0. The lowest BCUT2D eigenvalue weighted by Gasteiger charge is -2.09. The van der Waals surface area contributed by atoms with Gasteiger partial charge in [0, 0.05) is 47.7 Å². The number of ether oxygens (including phenoxy) is 1. The van der Waals surface area contributed by atoms with E-state index in [2.05, 4.69) is 5.32 Å². The minimum Gasteiger partial charge on any atom is -0.461 e. The van der Waals surface area contributed by atoms with E-state index in [9.17, 15) is 19.2 Å². The molecule has 3 rings (SSSR count). The Kier molecular flexibility index (Phi) is 6.65. The summed E-state index contributed by atoms with van der Waals surface area (Å²) in [5, 5.41) is 3.21. The van der Waals surface area contributed by atoms with Gasteiger partial charge in [0.2, 0.25) is 5.91 Å². The van der Waals surface area contributed by atoms with Gasteiger partial charge in [-0.2, -0.15) is 0 Å². The second kappa shape index (κ2) is 9.38. The van der Waals surface area contributed by atoms with Crippen molar-refractivity contribution in [1.82, 2.24) is 0 Å². The van der Waals surface area contributed by atoms with E-state index in [1.807, 2.05) is 26.0 Å². The number of amides is 1. The molecular weight excluding hydrogens is 398 g/mol. The number of fused-ring (bicyclic) bond motifs is 1. The Morgan fingerprint density at radius 2 is 1.74 bits per heavy atom. The number of nitrogens with one attached hydrogen (secondary N) is 1. The first-order chi connectivity index (χ1) is 14.7. The van der Waals surface area contributed by atoms with Crippen LogP contribution in [0.25, 0.3) is 11.0 Å². The molecule has 0 atom stereocenters. The fourth-order valence-electron chi connectivity index (χ4n) is 3.14. The zero-order valence-electron chi connectivity index (χ0n) is 17.6. The molecule has 0 saturated heterocycles. The smallest absolute Gasteiger partial charge is 0.336 e. The van der Waals surface area contributed by atoms with Crippen LogP contribution in [0, 0.1) is 13.8 Å². The lowest BCUT2D eigenvalue weighted by Crippen LogP contribution is -2.10. The van der Waals surface area contributed by atoms with Crippen LogP contribution in [0.2, 0.25) is 0 Å². The van der Waals surface area contributed by atoms with Crippen LogP contribution in [0.3, 0.4) is 0 Å².